The first-order valence-electron chi connectivity index (χ1n) is 22.5. The van der Waals surface area contributed by atoms with Crippen LogP contribution < -0.4 is 10.7 Å². The summed E-state index contributed by atoms with van der Waals surface area (Å²) in [4.78, 5) is 76.7. The topological polar surface area (TPSA) is 210 Å². The summed E-state index contributed by atoms with van der Waals surface area (Å²) in [5.74, 6) is -3.88. The molecule has 7 rings (SSSR count). The number of phenolic OH excluding ortho intramolecular Hbond substituents is 1. The number of fused-ring (bicyclic) bond motifs is 6. The number of pyridine rings is 1. The first-order valence-corrected chi connectivity index (χ1v) is 22.5. The van der Waals surface area contributed by atoms with E-state index in [2.05, 4.69) is 28.4 Å². The van der Waals surface area contributed by atoms with Crippen LogP contribution in [0.25, 0.3) is 33.3 Å². The van der Waals surface area contributed by atoms with Gasteiger partial charge in [-0.25, -0.2) is 4.79 Å². The van der Waals surface area contributed by atoms with Gasteiger partial charge in [0.25, 0.3) is 5.91 Å². The van der Waals surface area contributed by atoms with Crippen molar-refractivity contribution in [1.29, 1.82) is 5.26 Å². The lowest BCUT2D eigenvalue weighted by Gasteiger charge is -2.40. The second-order valence-electron chi connectivity index (χ2n) is 19.6. The summed E-state index contributed by atoms with van der Waals surface area (Å²) in [5.41, 5.74) is 3.71. The number of carbonyl (C=O) groups excluding carboxylic acids is 5. The highest BCUT2D eigenvalue weighted by atomic mass is 16.6. The first kappa shape index (κ1) is 47.4. The fourth-order valence-corrected chi connectivity index (χ4v) is 9.68. The van der Waals surface area contributed by atoms with E-state index in [9.17, 15) is 39.4 Å². The fraction of sp³-hybridized carbons (Fsp3) is 0.460. The zero-order chi connectivity index (χ0) is 47.9. The molecular weight excluding hydrogens is 841 g/mol. The Balaban J connectivity index is 1.33. The number of cyclic esters (lactones) is 1. The molecule has 16 heteroatoms. The zero-order valence-corrected chi connectivity index (χ0v) is 38.8. The van der Waals surface area contributed by atoms with E-state index < -0.39 is 58.4 Å². The van der Waals surface area contributed by atoms with Gasteiger partial charge >= 0.3 is 5.97 Å². The minimum Gasteiger partial charge on any atom is -0.508 e. The predicted octanol–water partition coefficient (Wildman–Crippen LogP) is 4.82. The lowest BCUT2D eigenvalue weighted by atomic mass is 9.84. The highest BCUT2D eigenvalue weighted by molar-refractivity contribution is 5.96. The minimum absolute atomic E-state index is 0.0625. The van der Waals surface area contributed by atoms with Crippen molar-refractivity contribution < 1.29 is 38.9 Å². The van der Waals surface area contributed by atoms with Crippen LogP contribution in [0.1, 0.15) is 71.9 Å². The van der Waals surface area contributed by atoms with Crippen LogP contribution in [0, 0.1) is 28.6 Å². The number of likely N-dealkylation sites (tertiary alicyclic amines) is 1. The molecule has 0 saturated carbocycles. The quantitative estimate of drug-likeness (QED) is 0.139. The molecule has 4 N–H and O–H groups in total. The number of aromatic nitrogens is 2. The van der Waals surface area contributed by atoms with Crippen LogP contribution in [-0.2, 0) is 47.1 Å². The van der Waals surface area contributed by atoms with Crippen molar-refractivity contribution in [2.24, 2.45) is 17.3 Å². The van der Waals surface area contributed by atoms with Gasteiger partial charge in [0.1, 0.15) is 23.4 Å². The highest BCUT2D eigenvalue weighted by Crippen LogP contribution is 2.43. The van der Waals surface area contributed by atoms with Crippen molar-refractivity contribution in [3.8, 4) is 34.2 Å². The van der Waals surface area contributed by atoms with Crippen LogP contribution in [0.3, 0.4) is 0 Å². The van der Waals surface area contributed by atoms with E-state index >= 15 is 0 Å². The molecule has 4 amide bonds. The number of carbonyl (C=O) groups is 5. The Hall–Kier alpha value is -6.57. The van der Waals surface area contributed by atoms with Gasteiger partial charge in [-0.2, -0.15) is 10.7 Å². The van der Waals surface area contributed by atoms with Gasteiger partial charge in [0.15, 0.2) is 0 Å². The molecule has 5 heterocycles. The Morgan fingerprint density at radius 3 is 2.55 bits per heavy atom. The van der Waals surface area contributed by atoms with E-state index in [1.807, 2.05) is 68.7 Å². The van der Waals surface area contributed by atoms with Crippen molar-refractivity contribution in [3.05, 3.63) is 84.7 Å². The van der Waals surface area contributed by atoms with Crippen LogP contribution in [0.2, 0.25) is 0 Å². The lowest BCUT2D eigenvalue weighted by molar-refractivity contribution is -0.189. The van der Waals surface area contributed by atoms with E-state index in [-0.39, 0.29) is 56.5 Å². The number of ether oxygens (including phenoxy) is 1. The number of rotatable bonds is 8. The Morgan fingerprint density at radius 2 is 1.86 bits per heavy atom. The van der Waals surface area contributed by atoms with Crippen molar-refractivity contribution in [3.63, 3.8) is 0 Å². The van der Waals surface area contributed by atoms with E-state index in [0.29, 0.717) is 30.5 Å². The average molecular weight is 901 g/mol. The number of phenols is 1. The van der Waals surface area contributed by atoms with Crippen LogP contribution >= 0.6 is 0 Å². The third-order valence-electron chi connectivity index (χ3n) is 13.0. The molecule has 0 radical (unpaired) electrons. The molecule has 4 atom stereocenters. The SMILES string of the molecule is C=CC(=O)N1CC[C@H](C(=O)N(C)[C@H](C(=O)N[C@H]2Cc3cc(O)cc(c3)-c3ccc4c(c3)c(c(-c3cccnc3)n4C(C)(C)C#N)CC(C)(C)COC(=O)[C@@]3(O)CCCN(N3)C2=O)C(C)C)C1. The smallest absolute Gasteiger partial charge is 0.355 e. The van der Waals surface area contributed by atoms with Gasteiger partial charge in [-0.15, -0.1) is 0 Å². The number of aromatic hydroxyl groups is 1. The molecule has 348 valence electrons. The molecule has 0 spiro atoms. The summed E-state index contributed by atoms with van der Waals surface area (Å²) in [7, 11) is 1.54. The summed E-state index contributed by atoms with van der Waals surface area (Å²) in [6.07, 6.45) is 5.45. The van der Waals surface area contributed by atoms with Crippen LogP contribution in [0.15, 0.2) is 73.6 Å². The number of likely N-dealkylation sites (N-methyl/N-ethyl adjacent to an activating group) is 1. The Bertz CT molecular complexity index is 2620. The second-order valence-corrected chi connectivity index (χ2v) is 19.6. The van der Waals surface area contributed by atoms with Gasteiger partial charge in [0, 0.05) is 68.3 Å². The van der Waals surface area contributed by atoms with Crippen LogP contribution in [-0.4, -0.2) is 115 Å². The van der Waals surface area contributed by atoms with E-state index in [0.717, 1.165) is 38.3 Å². The van der Waals surface area contributed by atoms with Gasteiger partial charge in [0.2, 0.25) is 23.4 Å². The lowest BCUT2D eigenvalue weighted by Crippen LogP contribution is -2.67. The number of nitrogens with one attached hydrogen (secondary N) is 2. The fourth-order valence-electron chi connectivity index (χ4n) is 9.68. The monoisotopic (exact) mass is 900 g/mol. The molecule has 3 aliphatic rings. The molecule has 4 aromatic rings. The standard InChI is InChI=1S/C50H60N8O8/c1-9-41(60)56-19-15-34(27-56)45(62)55(8)42(30(2)3)44(61)53-39-22-31-20-35(23-36(59)21-31)32-13-14-40-37(24-32)38(43(33-12-10-17-52-26-33)58(40)49(6,7)28-51)25-48(4,5)29-66-47(64)50(65)16-11-18-57(54-50)46(39)63/h9-10,12-14,17,20-21,23-24,26,30,34,39,42,54,59,65H,1,11,15-16,18-19,22,25,27,29H2,2-8H3,(H,53,61)/t34-,39-,42-,50-/m0/s1. The Kier molecular flexibility index (Phi) is 13.2. The van der Waals surface area contributed by atoms with Gasteiger partial charge in [-0.1, -0.05) is 46.4 Å². The summed E-state index contributed by atoms with van der Waals surface area (Å²) in [6.45, 7) is 15.2. The number of hydrazine groups is 1. The Morgan fingerprint density at radius 1 is 1.11 bits per heavy atom. The molecule has 0 aliphatic carbocycles. The normalized spacial score (nSPS) is 21.7. The van der Waals surface area contributed by atoms with Gasteiger partial charge < -0.3 is 34.6 Å². The predicted molar refractivity (Wildman–Crippen MR) is 247 cm³/mol. The van der Waals surface area contributed by atoms with E-state index in [1.165, 1.54) is 24.1 Å². The summed E-state index contributed by atoms with van der Waals surface area (Å²) in [5, 5.41) is 38.5. The molecule has 16 nitrogen and oxygen atoms in total. The molecule has 2 saturated heterocycles. The number of esters is 1. The Labute approximate surface area is 385 Å². The molecule has 6 bridgehead atoms. The molecule has 0 unspecified atom stereocenters. The second kappa shape index (κ2) is 18.4. The van der Waals surface area contributed by atoms with Crippen LogP contribution in [0.5, 0.6) is 5.75 Å². The maximum Gasteiger partial charge on any atom is 0.355 e. The molecule has 2 aromatic carbocycles. The largest absolute Gasteiger partial charge is 0.508 e. The van der Waals surface area contributed by atoms with Gasteiger partial charge in [0.05, 0.1) is 29.8 Å². The number of nitriles is 1. The maximum atomic E-state index is 14.7. The summed E-state index contributed by atoms with van der Waals surface area (Å²) < 4.78 is 7.91. The number of benzene rings is 2. The molecular formula is C50H60N8O8. The number of nitrogens with zero attached hydrogens (tertiary/aromatic N) is 6. The number of aliphatic hydroxyl groups is 1. The van der Waals surface area contributed by atoms with Crippen molar-refractivity contribution in [2.45, 2.75) is 97.0 Å². The number of hydrogen-bond donors (Lipinski definition) is 4. The highest BCUT2D eigenvalue weighted by Gasteiger charge is 2.46. The number of amides is 4. The summed E-state index contributed by atoms with van der Waals surface area (Å²) in [6, 6.07) is 14.7. The van der Waals surface area contributed by atoms with Crippen LogP contribution in [0.4, 0.5) is 0 Å². The molecule has 2 aromatic heterocycles. The number of hydrogen-bond acceptors (Lipinski definition) is 11. The zero-order valence-electron chi connectivity index (χ0n) is 38.8. The van der Waals surface area contributed by atoms with Crippen molar-refractivity contribution >= 4 is 40.5 Å². The minimum atomic E-state index is -2.29. The third-order valence-corrected chi connectivity index (χ3v) is 13.0. The molecule has 2 fully saturated rings. The summed E-state index contributed by atoms with van der Waals surface area (Å²) >= 11 is 0. The molecule has 66 heavy (non-hydrogen) atoms. The van der Waals surface area contributed by atoms with Crippen molar-refractivity contribution in [2.75, 3.05) is 33.3 Å². The van der Waals surface area contributed by atoms with Gasteiger partial charge in [-0.05, 0) is 104 Å². The van der Waals surface area contributed by atoms with E-state index in [1.54, 1.807) is 37.2 Å². The third kappa shape index (κ3) is 9.41. The van der Waals surface area contributed by atoms with Crippen molar-refractivity contribution in [1.82, 2.24) is 35.1 Å². The first-order chi connectivity index (χ1) is 31.2. The molecule has 3 aliphatic heterocycles. The average Bonchev–Trinajstić information content (AvgIpc) is 3.90. The van der Waals surface area contributed by atoms with E-state index in [4.69, 9.17) is 4.74 Å². The van der Waals surface area contributed by atoms with Gasteiger partial charge in [-0.3, -0.25) is 29.2 Å². The maximum absolute atomic E-state index is 14.7.